The summed E-state index contributed by atoms with van der Waals surface area (Å²) < 4.78 is 8.01. The Hall–Kier alpha value is -1.52. The third-order valence-electron chi connectivity index (χ3n) is 1.98. The molecule has 0 aliphatic rings. The fourth-order valence-electron chi connectivity index (χ4n) is 1.33. The summed E-state index contributed by atoms with van der Waals surface area (Å²) in [5.74, 6) is -0.400. The van der Waals surface area contributed by atoms with E-state index in [1.54, 1.807) is 33.2 Å². The molecule has 0 aliphatic heterocycles. The zero-order valence-electron chi connectivity index (χ0n) is 10.2. The van der Waals surface area contributed by atoms with Crippen molar-refractivity contribution in [1.29, 1.82) is 0 Å². The van der Waals surface area contributed by atoms with E-state index in [0.29, 0.717) is 6.54 Å². The molecule has 1 rings (SSSR count). The number of imidazole rings is 1. The first-order valence-corrected chi connectivity index (χ1v) is 5.31. The van der Waals surface area contributed by atoms with Gasteiger partial charge in [-0.15, -0.1) is 0 Å². The van der Waals surface area contributed by atoms with Gasteiger partial charge in [-0.1, -0.05) is 0 Å². The highest BCUT2D eigenvalue weighted by atomic mass is 16.6. The summed E-state index contributed by atoms with van der Waals surface area (Å²) in [5, 5.41) is 0. The van der Waals surface area contributed by atoms with Crippen molar-refractivity contribution < 1.29 is 9.53 Å². The molecule has 1 heterocycles. The van der Waals surface area contributed by atoms with Crippen LogP contribution < -0.4 is 5.69 Å². The van der Waals surface area contributed by atoms with Gasteiger partial charge in [0, 0.05) is 18.9 Å². The van der Waals surface area contributed by atoms with E-state index in [0.717, 1.165) is 0 Å². The molecule has 0 bridgehead atoms. The van der Waals surface area contributed by atoms with Gasteiger partial charge in [-0.3, -0.25) is 13.9 Å². The number of nitrogens with zero attached hydrogens (tertiary/aromatic N) is 2. The molecule has 0 atom stereocenters. The van der Waals surface area contributed by atoms with Crippen molar-refractivity contribution in [3.05, 3.63) is 22.9 Å². The number of carbonyl (C=O) groups excluding carboxylic acids is 1. The molecule has 0 amide bonds. The van der Waals surface area contributed by atoms with E-state index in [1.807, 2.05) is 6.92 Å². The number of aryl methyl sites for hydroxylation is 1. The Kier molecular flexibility index (Phi) is 3.57. The Morgan fingerprint density at radius 3 is 2.31 bits per heavy atom. The van der Waals surface area contributed by atoms with E-state index < -0.39 is 11.6 Å². The Bertz CT molecular complexity index is 423. The smallest absolute Gasteiger partial charge is 0.328 e. The monoisotopic (exact) mass is 226 g/mol. The maximum Gasteiger partial charge on any atom is 0.328 e. The Morgan fingerprint density at radius 2 is 1.88 bits per heavy atom. The number of hydrogen-bond acceptors (Lipinski definition) is 3. The second-order valence-electron chi connectivity index (χ2n) is 4.58. The van der Waals surface area contributed by atoms with Crippen molar-refractivity contribution in [1.82, 2.24) is 9.13 Å². The Balaban J connectivity index is 2.71. The lowest BCUT2D eigenvalue weighted by Crippen LogP contribution is -2.31. The van der Waals surface area contributed by atoms with Crippen LogP contribution in [0.4, 0.5) is 0 Å². The van der Waals surface area contributed by atoms with Gasteiger partial charge in [0.1, 0.15) is 12.1 Å². The molecule has 1 aromatic heterocycles. The highest BCUT2D eigenvalue weighted by Gasteiger charge is 2.17. The van der Waals surface area contributed by atoms with Crippen LogP contribution in [0.25, 0.3) is 0 Å². The fraction of sp³-hybridized carbons (Fsp3) is 0.636. The van der Waals surface area contributed by atoms with Crippen molar-refractivity contribution in [3.63, 3.8) is 0 Å². The predicted molar refractivity (Wildman–Crippen MR) is 60.2 cm³/mol. The largest absolute Gasteiger partial charge is 0.459 e. The molecule has 0 aromatic carbocycles. The predicted octanol–water partition coefficient (Wildman–Crippen LogP) is 1.01. The molecule has 0 spiro atoms. The zero-order chi connectivity index (χ0) is 12.3. The summed E-state index contributed by atoms with van der Waals surface area (Å²) >= 11 is 0. The van der Waals surface area contributed by atoms with Gasteiger partial charge in [-0.25, -0.2) is 4.79 Å². The number of aromatic nitrogens is 2. The van der Waals surface area contributed by atoms with E-state index in [4.69, 9.17) is 4.74 Å². The standard InChI is InChI=1S/C11H18N2O3/c1-5-12-6-7-13(10(12)15)8-9(14)16-11(2,3)4/h6-7H,5,8H2,1-4H3. The molecule has 0 saturated heterocycles. The summed E-state index contributed by atoms with van der Waals surface area (Å²) in [4.78, 5) is 23.1. The van der Waals surface area contributed by atoms with Crippen LogP contribution >= 0.6 is 0 Å². The highest BCUT2D eigenvalue weighted by Crippen LogP contribution is 2.07. The average Bonchev–Trinajstić information content (AvgIpc) is 2.44. The third kappa shape index (κ3) is 3.25. The molecule has 90 valence electrons. The molecule has 16 heavy (non-hydrogen) atoms. The van der Waals surface area contributed by atoms with Crippen molar-refractivity contribution >= 4 is 5.97 Å². The molecule has 0 saturated carbocycles. The van der Waals surface area contributed by atoms with E-state index in [2.05, 4.69) is 0 Å². The van der Waals surface area contributed by atoms with Crippen molar-refractivity contribution in [3.8, 4) is 0 Å². The van der Waals surface area contributed by atoms with Crippen LogP contribution in [-0.4, -0.2) is 20.7 Å². The minimum Gasteiger partial charge on any atom is -0.459 e. The zero-order valence-corrected chi connectivity index (χ0v) is 10.2. The first-order valence-electron chi connectivity index (χ1n) is 5.31. The fourth-order valence-corrected chi connectivity index (χ4v) is 1.33. The van der Waals surface area contributed by atoms with E-state index in [-0.39, 0.29) is 12.2 Å². The summed E-state index contributed by atoms with van der Waals surface area (Å²) in [7, 11) is 0. The van der Waals surface area contributed by atoms with Crippen molar-refractivity contribution in [2.24, 2.45) is 0 Å². The average molecular weight is 226 g/mol. The Morgan fingerprint density at radius 1 is 1.31 bits per heavy atom. The number of hydrogen-bond donors (Lipinski definition) is 0. The van der Waals surface area contributed by atoms with Gasteiger partial charge in [0.2, 0.25) is 0 Å². The summed E-state index contributed by atoms with van der Waals surface area (Å²) in [5.41, 5.74) is -0.707. The topological polar surface area (TPSA) is 53.2 Å². The molecular weight excluding hydrogens is 208 g/mol. The van der Waals surface area contributed by atoms with Gasteiger partial charge in [0.25, 0.3) is 0 Å². The number of esters is 1. The van der Waals surface area contributed by atoms with E-state index in [1.165, 1.54) is 9.13 Å². The van der Waals surface area contributed by atoms with E-state index in [9.17, 15) is 9.59 Å². The molecule has 0 unspecified atom stereocenters. The molecule has 0 aliphatic carbocycles. The number of ether oxygens (including phenoxy) is 1. The lowest BCUT2D eigenvalue weighted by atomic mass is 10.2. The van der Waals surface area contributed by atoms with Crippen LogP contribution in [-0.2, 0) is 22.6 Å². The molecule has 5 nitrogen and oxygen atoms in total. The molecule has 0 N–H and O–H groups in total. The summed E-state index contributed by atoms with van der Waals surface area (Å²) in [6.45, 7) is 7.82. The first kappa shape index (κ1) is 12.5. The minimum atomic E-state index is -0.520. The van der Waals surface area contributed by atoms with E-state index >= 15 is 0 Å². The summed E-state index contributed by atoms with van der Waals surface area (Å²) in [6, 6.07) is 0. The van der Waals surface area contributed by atoms with Crippen LogP contribution in [0.5, 0.6) is 0 Å². The first-order chi connectivity index (χ1) is 7.33. The highest BCUT2D eigenvalue weighted by molar-refractivity contribution is 5.69. The van der Waals surface area contributed by atoms with Gasteiger partial charge in [0.05, 0.1) is 0 Å². The number of rotatable bonds is 3. The van der Waals surface area contributed by atoms with Crippen LogP contribution in [0.1, 0.15) is 27.7 Å². The quantitative estimate of drug-likeness (QED) is 0.723. The van der Waals surface area contributed by atoms with Crippen molar-refractivity contribution in [2.45, 2.75) is 46.4 Å². The molecule has 0 radical (unpaired) electrons. The third-order valence-corrected chi connectivity index (χ3v) is 1.98. The van der Waals surface area contributed by atoms with Crippen molar-refractivity contribution in [2.75, 3.05) is 0 Å². The van der Waals surface area contributed by atoms with Crippen LogP contribution in [0, 0.1) is 0 Å². The Labute approximate surface area is 94.6 Å². The molecule has 1 aromatic rings. The molecule has 5 heteroatoms. The SMILES string of the molecule is CCn1ccn(CC(=O)OC(C)(C)C)c1=O. The number of carbonyl (C=O) groups is 1. The lowest BCUT2D eigenvalue weighted by molar-refractivity contribution is -0.155. The van der Waals surface area contributed by atoms with Gasteiger partial charge < -0.3 is 4.74 Å². The van der Waals surface area contributed by atoms with Crippen LogP contribution in [0.2, 0.25) is 0 Å². The van der Waals surface area contributed by atoms with Gasteiger partial charge in [-0.05, 0) is 27.7 Å². The summed E-state index contributed by atoms with van der Waals surface area (Å²) in [6.07, 6.45) is 3.25. The van der Waals surface area contributed by atoms with Crippen LogP contribution in [0.3, 0.4) is 0 Å². The molecular formula is C11H18N2O3. The normalized spacial score (nSPS) is 11.5. The second-order valence-corrected chi connectivity index (χ2v) is 4.58. The maximum atomic E-state index is 11.6. The minimum absolute atomic E-state index is 0.0386. The second kappa shape index (κ2) is 4.55. The lowest BCUT2D eigenvalue weighted by Gasteiger charge is -2.19. The van der Waals surface area contributed by atoms with Gasteiger partial charge in [-0.2, -0.15) is 0 Å². The van der Waals surface area contributed by atoms with Gasteiger partial charge >= 0.3 is 11.7 Å². The van der Waals surface area contributed by atoms with Crippen LogP contribution in [0.15, 0.2) is 17.2 Å². The maximum absolute atomic E-state index is 11.6. The molecule has 0 fully saturated rings. The van der Waals surface area contributed by atoms with Gasteiger partial charge in [0.15, 0.2) is 0 Å².